The summed E-state index contributed by atoms with van der Waals surface area (Å²) in [6.07, 6.45) is 3.71. The molecule has 1 heterocycles. The second-order valence-electron chi connectivity index (χ2n) is 5.52. The van der Waals surface area contributed by atoms with Gasteiger partial charge in [0.1, 0.15) is 0 Å². The van der Waals surface area contributed by atoms with Gasteiger partial charge in [0.25, 0.3) is 0 Å². The van der Waals surface area contributed by atoms with Gasteiger partial charge < -0.3 is 10.4 Å². The highest BCUT2D eigenvalue weighted by molar-refractivity contribution is 7.99. The molecule has 1 saturated heterocycles. The lowest BCUT2D eigenvalue weighted by atomic mass is 9.97. The Morgan fingerprint density at radius 2 is 2.20 bits per heavy atom. The third-order valence-corrected chi connectivity index (χ3v) is 4.83. The van der Waals surface area contributed by atoms with Gasteiger partial charge in [-0.15, -0.1) is 0 Å². The summed E-state index contributed by atoms with van der Waals surface area (Å²) in [4.78, 5) is 0. The van der Waals surface area contributed by atoms with Crippen molar-refractivity contribution in [2.45, 2.75) is 44.8 Å². The van der Waals surface area contributed by atoms with Crippen LogP contribution in [-0.2, 0) is 0 Å². The molecule has 0 spiro atoms. The minimum atomic E-state index is -0.424. The van der Waals surface area contributed by atoms with E-state index in [1.807, 2.05) is 11.8 Å². The van der Waals surface area contributed by atoms with E-state index in [4.69, 9.17) is 0 Å². The first-order chi connectivity index (χ1) is 7.11. The highest BCUT2D eigenvalue weighted by Crippen LogP contribution is 2.36. The van der Waals surface area contributed by atoms with Crippen LogP contribution in [0.5, 0.6) is 0 Å². The lowest BCUT2D eigenvalue weighted by molar-refractivity contribution is 0.0614. The standard InChI is InChI=1S/C12H23NOS/c1-9(2)11(10-3-4-10)13-7-12(14)5-6-15-8-12/h9-11,13-14H,3-8H2,1-2H3. The first kappa shape index (κ1) is 11.7. The third kappa shape index (κ3) is 3.11. The quantitative estimate of drug-likeness (QED) is 0.755. The molecule has 1 saturated carbocycles. The molecular weight excluding hydrogens is 206 g/mol. The first-order valence-electron chi connectivity index (χ1n) is 6.14. The summed E-state index contributed by atoms with van der Waals surface area (Å²) in [6, 6.07) is 0.625. The molecule has 2 atom stereocenters. The molecule has 2 aliphatic rings. The zero-order chi connectivity index (χ0) is 10.9. The number of hydrogen-bond donors (Lipinski definition) is 2. The van der Waals surface area contributed by atoms with E-state index in [1.54, 1.807) is 0 Å². The number of nitrogens with one attached hydrogen (secondary N) is 1. The Hall–Kier alpha value is 0.270. The van der Waals surface area contributed by atoms with Gasteiger partial charge >= 0.3 is 0 Å². The highest BCUT2D eigenvalue weighted by atomic mass is 32.2. The van der Waals surface area contributed by atoms with E-state index in [-0.39, 0.29) is 0 Å². The van der Waals surface area contributed by atoms with E-state index >= 15 is 0 Å². The van der Waals surface area contributed by atoms with Gasteiger partial charge in [0, 0.05) is 18.3 Å². The van der Waals surface area contributed by atoms with Crippen molar-refractivity contribution >= 4 is 11.8 Å². The van der Waals surface area contributed by atoms with Gasteiger partial charge in [-0.05, 0) is 36.9 Å². The SMILES string of the molecule is CC(C)C(NCC1(O)CCSC1)C1CC1. The molecule has 0 amide bonds. The number of thioether (sulfide) groups is 1. The van der Waals surface area contributed by atoms with Gasteiger partial charge in [-0.25, -0.2) is 0 Å². The smallest absolute Gasteiger partial charge is 0.0869 e. The molecule has 0 aromatic heterocycles. The fraction of sp³-hybridized carbons (Fsp3) is 1.00. The van der Waals surface area contributed by atoms with Crippen molar-refractivity contribution < 1.29 is 5.11 Å². The molecule has 2 N–H and O–H groups in total. The molecule has 88 valence electrons. The predicted molar refractivity (Wildman–Crippen MR) is 66.2 cm³/mol. The molecule has 2 nitrogen and oxygen atoms in total. The van der Waals surface area contributed by atoms with Crippen LogP contribution in [0, 0.1) is 11.8 Å². The van der Waals surface area contributed by atoms with Crippen LogP contribution in [0.25, 0.3) is 0 Å². The largest absolute Gasteiger partial charge is 0.388 e. The van der Waals surface area contributed by atoms with Gasteiger partial charge in [-0.3, -0.25) is 0 Å². The number of aliphatic hydroxyl groups is 1. The maximum atomic E-state index is 10.2. The Kier molecular flexibility index (Phi) is 3.63. The topological polar surface area (TPSA) is 32.3 Å². The lowest BCUT2D eigenvalue weighted by Crippen LogP contribution is -2.47. The normalized spacial score (nSPS) is 33.6. The van der Waals surface area contributed by atoms with Crippen LogP contribution in [0.4, 0.5) is 0 Å². The van der Waals surface area contributed by atoms with Crippen molar-refractivity contribution in [2.75, 3.05) is 18.1 Å². The van der Waals surface area contributed by atoms with Crippen LogP contribution < -0.4 is 5.32 Å². The van der Waals surface area contributed by atoms with Gasteiger partial charge in [-0.2, -0.15) is 11.8 Å². The zero-order valence-electron chi connectivity index (χ0n) is 9.83. The molecule has 15 heavy (non-hydrogen) atoms. The maximum Gasteiger partial charge on any atom is 0.0869 e. The van der Waals surface area contributed by atoms with E-state index in [2.05, 4.69) is 19.2 Å². The average Bonchev–Trinajstić information content (AvgIpc) is 2.90. The number of rotatable bonds is 5. The van der Waals surface area contributed by atoms with E-state index in [1.165, 1.54) is 12.8 Å². The van der Waals surface area contributed by atoms with Crippen molar-refractivity contribution in [1.29, 1.82) is 0 Å². The lowest BCUT2D eigenvalue weighted by Gasteiger charge is -2.28. The summed E-state index contributed by atoms with van der Waals surface area (Å²) < 4.78 is 0. The van der Waals surface area contributed by atoms with E-state index in [9.17, 15) is 5.11 Å². The molecule has 2 rings (SSSR count). The average molecular weight is 229 g/mol. The summed E-state index contributed by atoms with van der Waals surface area (Å²) in [5.74, 6) is 3.60. The third-order valence-electron chi connectivity index (χ3n) is 3.60. The van der Waals surface area contributed by atoms with Gasteiger partial charge in [0.05, 0.1) is 5.60 Å². The molecule has 0 bridgehead atoms. The Labute approximate surface area is 97.2 Å². The number of hydrogen-bond acceptors (Lipinski definition) is 3. The molecule has 1 aliphatic heterocycles. The summed E-state index contributed by atoms with van der Waals surface area (Å²) in [5.41, 5.74) is -0.424. The van der Waals surface area contributed by atoms with Crippen LogP contribution in [0.15, 0.2) is 0 Å². The summed E-state index contributed by atoms with van der Waals surface area (Å²) in [5, 5.41) is 13.8. The van der Waals surface area contributed by atoms with E-state index < -0.39 is 5.60 Å². The molecule has 0 aromatic rings. The Morgan fingerprint density at radius 3 is 2.67 bits per heavy atom. The molecule has 2 fully saturated rings. The Balaban J connectivity index is 1.79. The van der Waals surface area contributed by atoms with Crippen molar-refractivity contribution in [3.8, 4) is 0 Å². The van der Waals surface area contributed by atoms with Gasteiger partial charge in [-0.1, -0.05) is 13.8 Å². The van der Waals surface area contributed by atoms with Crippen LogP contribution in [0.3, 0.4) is 0 Å². The fourth-order valence-corrected chi connectivity index (χ4v) is 3.74. The summed E-state index contributed by atoms with van der Waals surface area (Å²) >= 11 is 1.88. The maximum absolute atomic E-state index is 10.2. The zero-order valence-corrected chi connectivity index (χ0v) is 10.6. The predicted octanol–water partition coefficient (Wildman–Crippen LogP) is 1.88. The molecule has 2 unspecified atom stereocenters. The summed E-state index contributed by atoms with van der Waals surface area (Å²) in [6.45, 7) is 5.35. The van der Waals surface area contributed by atoms with Crippen molar-refractivity contribution in [2.24, 2.45) is 11.8 Å². The molecular formula is C12H23NOS. The Morgan fingerprint density at radius 1 is 1.47 bits per heavy atom. The van der Waals surface area contributed by atoms with Crippen LogP contribution in [-0.4, -0.2) is 34.8 Å². The van der Waals surface area contributed by atoms with Gasteiger partial charge in [0.2, 0.25) is 0 Å². The molecule has 1 aliphatic carbocycles. The minimum absolute atomic E-state index is 0.424. The first-order valence-corrected chi connectivity index (χ1v) is 7.30. The molecule has 0 radical (unpaired) electrons. The second-order valence-corrected chi connectivity index (χ2v) is 6.62. The summed E-state index contributed by atoms with van der Waals surface area (Å²) in [7, 11) is 0. The Bertz CT molecular complexity index is 208. The van der Waals surface area contributed by atoms with E-state index in [0.29, 0.717) is 12.0 Å². The van der Waals surface area contributed by atoms with E-state index in [0.717, 1.165) is 30.4 Å². The molecule has 3 heteroatoms. The molecule has 0 aromatic carbocycles. The van der Waals surface area contributed by atoms with Crippen molar-refractivity contribution in [1.82, 2.24) is 5.32 Å². The minimum Gasteiger partial charge on any atom is -0.388 e. The highest BCUT2D eigenvalue weighted by Gasteiger charge is 2.36. The van der Waals surface area contributed by atoms with Crippen LogP contribution in [0.2, 0.25) is 0 Å². The van der Waals surface area contributed by atoms with Gasteiger partial charge in [0.15, 0.2) is 0 Å². The van der Waals surface area contributed by atoms with Crippen molar-refractivity contribution in [3.05, 3.63) is 0 Å². The van der Waals surface area contributed by atoms with Crippen LogP contribution >= 0.6 is 11.8 Å². The second kappa shape index (κ2) is 4.64. The van der Waals surface area contributed by atoms with Crippen molar-refractivity contribution in [3.63, 3.8) is 0 Å². The fourth-order valence-electron chi connectivity index (χ4n) is 2.45. The monoisotopic (exact) mass is 229 g/mol. The van der Waals surface area contributed by atoms with Crippen LogP contribution in [0.1, 0.15) is 33.1 Å².